The summed E-state index contributed by atoms with van der Waals surface area (Å²) in [4.78, 5) is 21.3. The van der Waals surface area contributed by atoms with Gasteiger partial charge < -0.3 is 21.3 Å². The average molecular weight is 473 g/mol. The number of carbonyl (C=O) groups excluding carboxylic acids is 1. The fourth-order valence-corrected chi connectivity index (χ4v) is 6.82. The highest BCUT2D eigenvalue weighted by atomic mass is 32.1. The van der Waals surface area contributed by atoms with Gasteiger partial charge in [-0.1, -0.05) is 0 Å². The zero-order chi connectivity index (χ0) is 23.4. The number of fused-ring (bicyclic) bond motifs is 4. The number of aromatic nitrogens is 1. The number of piperazine rings is 1. The number of rotatable bonds is 3. The lowest BCUT2D eigenvalue weighted by Crippen LogP contribution is -2.51. The summed E-state index contributed by atoms with van der Waals surface area (Å²) in [6.07, 6.45) is 4.93. The Bertz CT molecular complexity index is 1330. The van der Waals surface area contributed by atoms with Crippen molar-refractivity contribution in [3.05, 3.63) is 51.5 Å². The van der Waals surface area contributed by atoms with Gasteiger partial charge in [-0.05, 0) is 74.4 Å². The molecule has 2 aliphatic heterocycles. The fraction of sp³-hybridized carbons (Fsp3) is 0.423. The van der Waals surface area contributed by atoms with Crippen LogP contribution in [0.4, 0.5) is 11.4 Å². The second-order valence-electron chi connectivity index (χ2n) is 9.86. The largest absolute Gasteiger partial charge is 0.397 e. The molecule has 4 N–H and O–H groups in total. The number of amides is 1. The van der Waals surface area contributed by atoms with Gasteiger partial charge in [-0.25, -0.2) is 4.98 Å². The van der Waals surface area contributed by atoms with Gasteiger partial charge in [0.05, 0.1) is 16.9 Å². The monoisotopic (exact) mass is 472 g/mol. The minimum atomic E-state index is -0.139. The number of pyridine rings is 1. The first-order valence-electron chi connectivity index (χ1n) is 12.0. The van der Waals surface area contributed by atoms with Gasteiger partial charge in [-0.3, -0.25) is 4.79 Å². The molecule has 1 aromatic carbocycles. The Morgan fingerprint density at radius 2 is 2.03 bits per heavy atom. The summed E-state index contributed by atoms with van der Waals surface area (Å²) in [6.45, 7) is 3.86. The standard InChI is InChI=1S/C26H28N6OS/c1-14-2-7-21-23(28)24(34-26(21)29-14)25(33)31-18-4-3-15-10-22(17(11-27)8-16(15)9-18)32-12-19-5-6-20(13-32)30-19/h2,7-8,10,18-20,30H,3-6,9,12-13,28H2,1H3,(H,31,33)/t18-,19?,20?/m1/s1. The number of aryl methyl sites for hydroxylation is 2. The molecule has 2 unspecified atom stereocenters. The van der Waals surface area contributed by atoms with Crippen molar-refractivity contribution in [2.45, 2.75) is 57.2 Å². The summed E-state index contributed by atoms with van der Waals surface area (Å²) >= 11 is 1.35. The Balaban J connectivity index is 1.21. The highest BCUT2D eigenvalue weighted by molar-refractivity contribution is 7.21. The molecule has 8 heteroatoms. The van der Waals surface area contributed by atoms with E-state index in [4.69, 9.17) is 5.73 Å². The number of nitrogens with zero attached hydrogens (tertiary/aromatic N) is 3. The summed E-state index contributed by atoms with van der Waals surface area (Å²) in [5, 5.41) is 17.6. The van der Waals surface area contributed by atoms with E-state index in [9.17, 15) is 10.1 Å². The minimum absolute atomic E-state index is 0.0201. The van der Waals surface area contributed by atoms with Crippen LogP contribution in [-0.4, -0.2) is 42.1 Å². The highest BCUT2D eigenvalue weighted by Gasteiger charge is 2.34. The predicted molar refractivity (Wildman–Crippen MR) is 135 cm³/mol. The average Bonchev–Trinajstić information content (AvgIpc) is 3.35. The molecule has 2 aromatic heterocycles. The van der Waals surface area contributed by atoms with Crippen LogP contribution in [0.2, 0.25) is 0 Å². The van der Waals surface area contributed by atoms with E-state index in [-0.39, 0.29) is 11.9 Å². The van der Waals surface area contributed by atoms with Crippen molar-refractivity contribution >= 4 is 38.8 Å². The van der Waals surface area contributed by atoms with E-state index in [0.29, 0.717) is 22.6 Å². The van der Waals surface area contributed by atoms with Crippen LogP contribution in [0, 0.1) is 18.3 Å². The molecule has 1 aliphatic carbocycles. The molecule has 3 atom stereocenters. The second-order valence-corrected chi connectivity index (χ2v) is 10.9. The molecule has 4 heterocycles. The van der Waals surface area contributed by atoms with Gasteiger partial charge >= 0.3 is 0 Å². The van der Waals surface area contributed by atoms with Crippen LogP contribution >= 0.6 is 11.3 Å². The molecule has 34 heavy (non-hydrogen) atoms. The molecule has 6 rings (SSSR count). The van der Waals surface area contributed by atoms with E-state index in [1.165, 1.54) is 29.7 Å². The number of thiophene rings is 1. The molecule has 1 amide bonds. The molecule has 0 radical (unpaired) electrons. The van der Waals surface area contributed by atoms with Crippen molar-refractivity contribution in [3.8, 4) is 6.07 Å². The summed E-state index contributed by atoms with van der Waals surface area (Å²) in [5.74, 6) is -0.139. The lowest BCUT2D eigenvalue weighted by atomic mass is 9.86. The van der Waals surface area contributed by atoms with Crippen LogP contribution in [-0.2, 0) is 12.8 Å². The molecular weight excluding hydrogens is 444 g/mol. The second kappa shape index (κ2) is 8.26. The first kappa shape index (κ1) is 21.4. The van der Waals surface area contributed by atoms with Crippen molar-refractivity contribution < 1.29 is 4.79 Å². The van der Waals surface area contributed by atoms with Crippen molar-refractivity contribution in [3.63, 3.8) is 0 Å². The zero-order valence-electron chi connectivity index (χ0n) is 19.2. The summed E-state index contributed by atoms with van der Waals surface area (Å²) in [7, 11) is 0. The molecule has 2 fully saturated rings. The number of nitrogens with two attached hydrogens (primary N) is 1. The van der Waals surface area contributed by atoms with Crippen LogP contribution in [0.25, 0.3) is 10.2 Å². The fourth-order valence-electron chi connectivity index (χ4n) is 5.77. The van der Waals surface area contributed by atoms with Crippen molar-refractivity contribution in [1.82, 2.24) is 15.6 Å². The van der Waals surface area contributed by atoms with E-state index in [1.807, 2.05) is 25.1 Å². The topological polar surface area (TPSA) is 107 Å². The first-order valence-corrected chi connectivity index (χ1v) is 12.8. The molecule has 7 nitrogen and oxygen atoms in total. The van der Waals surface area contributed by atoms with Gasteiger partial charge in [0.1, 0.15) is 15.8 Å². The number of nitrogen functional groups attached to an aromatic ring is 1. The lowest BCUT2D eigenvalue weighted by Gasteiger charge is -2.36. The first-order chi connectivity index (χ1) is 16.5. The Morgan fingerprint density at radius 1 is 1.24 bits per heavy atom. The van der Waals surface area contributed by atoms with Gasteiger partial charge in [-0.2, -0.15) is 5.26 Å². The van der Waals surface area contributed by atoms with Crippen molar-refractivity contribution in [1.29, 1.82) is 5.26 Å². The van der Waals surface area contributed by atoms with E-state index in [2.05, 4.69) is 32.7 Å². The third-order valence-electron chi connectivity index (χ3n) is 7.50. The van der Waals surface area contributed by atoms with Gasteiger partial charge in [0.2, 0.25) is 0 Å². The number of anilines is 2. The number of benzene rings is 1. The predicted octanol–water partition coefficient (Wildman–Crippen LogP) is 3.29. The Hall–Kier alpha value is -3.15. The van der Waals surface area contributed by atoms with Crippen LogP contribution < -0.4 is 21.3 Å². The molecule has 0 saturated carbocycles. The van der Waals surface area contributed by atoms with Crippen LogP contribution in [0.5, 0.6) is 0 Å². The van der Waals surface area contributed by atoms with E-state index < -0.39 is 0 Å². The number of nitriles is 1. The number of nitrogens with one attached hydrogen (secondary N) is 2. The molecule has 174 valence electrons. The Kier molecular flexibility index (Phi) is 5.19. The van der Waals surface area contributed by atoms with Gasteiger partial charge in [0.15, 0.2) is 0 Å². The molecular formula is C26H28N6OS. The van der Waals surface area contributed by atoms with Crippen LogP contribution in [0.15, 0.2) is 24.3 Å². The quantitative estimate of drug-likeness (QED) is 0.540. The smallest absolute Gasteiger partial charge is 0.263 e. The maximum atomic E-state index is 13.1. The number of carbonyl (C=O) groups is 1. The van der Waals surface area contributed by atoms with Crippen LogP contribution in [0.1, 0.15) is 51.3 Å². The van der Waals surface area contributed by atoms with Gasteiger partial charge in [0.25, 0.3) is 5.91 Å². The number of hydrogen-bond donors (Lipinski definition) is 3. The lowest BCUT2D eigenvalue weighted by molar-refractivity contribution is 0.0938. The van der Waals surface area contributed by atoms with Gasteiger partial charge in [-0.15, -0.1) is 11.3 Å². The Labute approximate surface area is 203 Å². The van der Waals surface area contributed by atoms with Crippen molar-refractivity contribution in [2.24, 2.45) is 0 Å². The normalized spacial score (nSPS) is 23.5. The molecule has 2 saturated heterocycles. The molecule has 3 aliphatic rings. The van der Waals surface area contributed by atoms with E-state index >= 15 is 0 Å². The zero-order valence-corrected chi connectivity index (χ0v) is 20.0. The number of hydrogen-bond acceptors (Lipinski definition) is 7. The summed E-state index contributed by atoms with van der Waals surface area (Å²) in [5.41, 5.74) is 12.0. The third kappa shape index (κ3) is 3.69. The molecule has 3 aromatic rings. The Morgan fingerprint density at radius 3 is 2.79 bits per heavy atom. The third-order valence-corrected chi connectivity index (χ3v) is 8.61. The highest BCUT2D eigenvalue weighted by Crippen LogP contribution is 2.35. The van der Waals surface area contributed by atoms with Crippen molar-refractivity contribution in [2.75, 3.05) is 23.7 Å². The van der Waals surface area contributed by atoms with E-state index in [1.54, 1.807) is 0 Å². The maximum Gasteiger partial charge on any atom is 0.263 e. The maximum absolute atomic E-state index is 13.1. The van der Waals surface area contributed by atoms with Gasteiger partial charge in [0, 0.05) is 42.3 Å². The van der Waals surface area contributed by atoms with E-state index in [0.717, 1.165) is 65.1 Å². The molecule has 0 spiro atoms. The summed E-state index contributed by atoms with van der Waals surface area (Å²) < 4.78 is 0. The van der Waals surface area contributed by atoms with Crippen LogP contribution in [0.3, 0.4) is 0 Å². The summed E-state index contributed by atoms with van der Waals surface area (Å²) in [6, 6.07) is 11.6. The minimum Gasteiger partial charge on any atom is -0.397 e. The SMILES string of the molecule is Cc1ccc2c(N)c(C(=O)N[C@@H]3CCc4cc(N5CC6CCC(C5)N6)c(C#N)cc4C3)sc2n1. The molecule has 2 bridgehead atoms.